The zero-order chi connectivity index (χ0) is 14.0. The molecule has 0 aliphatic heterocycles. The van der Waals surface area contributed by atoms with Crippen LogP contribution in [0.3, 0.4) is 0 Å². The van der Waals surface area contributed by atoms with E-state index in [2.05, 4.69) is 58.1 Å². The molecule has 0 saturated carbocycles. The summed E-state index contributed by atoms with van der Waals surface area (Å²) in [6.07, 6.45) is 1.45. The Morgan fingerprint density at radius 1 is 1.16 bits per heavy atom. The van der Waals surface area contributed by atoms with Gasteiger partial charge in [-0.25, -0.2) is 9.97 Å². The second-order valence-electron chi connectivity index (χ2n) is 5.34. The van der Waals surface area contributed by atoms with Crippen LogP contribution < -0.4 is 11.1 Å². The molecule has 0 radical (unpaired) electrons. The molecule has 0 aliphatic rings. The lowest BCUT2D eigenvalue weighted by Gasteiger charge is -2.23. The van der Waals surface area contributed by atoms with Gasteiger partial charge in [0, 0.05) is 5.69 Å². The lowest BCUT2D eigenvalue weighted by atomic mass is 9.86. The van der Waals surface area contributed by atoms with Crippen molar-refractivity contribution in [3.05, 3.63) is 40.6 Å². The summed E-state index contributed by atoms with van der Waals surface area (Å²) in [5, 5.41) is 3.31. The highest BCUT2D eigenvalue weighted by molar-refractivity contribution is 9.10. The number of nitrogens with two attached hydrogens (primary N) is 1. The molecule has 0 saturated heterocycles. The monoisotopic (exact) mass is 320 g/mol. The van der Waals surface area contributed by atoms with Crippen LogP contribution in [0.5, 0.6) is 0 Å². The molecule has 0 amide bonds. The first-order valence-electron chi connectivity index (χ1n) is 6.02. The number of hydrogen-bond donors (Lipinski definition) is 2. The van der Waals surface area contributed by atoms with Crippen molar-refractivity contribution < 1.29 is 0 Å². The topological polar surface area (TPSA) is 63.8 Å². The number of nitrogen functional groups attached to an aromatic ring is 1. The van der Waals surface area contributed by atoms with Gasteiger partial charge in [-0.2, -0.15) is 0 Å². The van der Waals surface area contributed by atoms with Crippen molar-refractivity contribution in [1.82, 2.24) is 9.97 Å². The summed E-state index contributed by atoms with van der Waals surface area (Å²) in [7, 11) is 0. The first-order chi connectivity index (χ1) is 8.89. The number of nitrogens with zero attached hydrogens (tertiary/aromatic N) is 2. The van der Waals surface area contributed by atoms with E-state index in [-0.39, 0.29) is 5.41 Å². The Balaban J connectivity index is 2.42. The van der Waals surface area contributed by atoms with Crippen LogP contribution in [0.15, 0.2) is 35.1 Å². The maximum absolute atomic E-state index is 5.76. The second kappa shape index (κ2) is 5.17. The van der Waals surface area contributed by atoms with Gasteiger partial charge >= 0.3 is 0 Å². The molecule has 1 aromatic heterocycles. The fraction of sp³-hybridized carbons (Fsp3) is 0.286. The van der Waals surface area contributed by atoms with Crippen molar-refractivity contribution in [2.24, 2.45) is 0 Å². The first-order valence-corrected chi connectivity index (χ1v) is 6.81. The van der Waals surface area contributed by atoms with E-state index in [0.717, 1.165) is 5.69 Å². The molecule has 0 aliphatic carbocycles. The molecular weight excluding hydrogens is 304 g/mol. The van der Waals surface area contributed by atoms with Gasteiger partial charge in [0.15, 0.2) is 0 Å². The summed E-state index contributed by atoms with van der Waals surface area (Å²) < 4.78 is 0.679. The van der Waals surface area contributed by atoms with E-state index in [9.17, 15) is 0 Å². The summed E-state index contributed by atoms with van der Waals surface area (Å²) in [5.74, 6) is 1.09. The van der Waals surface area contributed by atoms with E-state index in [1.165, 1.54) is 11.9 Å². The number of nitrogens with one attached hydrogen (secondary N) is 1. The molecule has 100 valence electrons. The predicted octanol–water partition coefficient (Wildman–Crippen LogP) is 3.86. The molecule has 0 fully saturated rings. The van der Waals surface area contributed by atoms with Gasteiger partial charge in [0.1, 0.15) is 22.4 Å². The summed E-state index contributed by atoms with van der Waals surface area (Å²) in [6, 6.07) is 8.18. The van der Waals surface area contributed by atoms with Crippen LogP contribution in [-0.2, 0) is 5.41 Å². The highest BCUT2D eigenvalue weighted by atomic mass is 79.9. The molecule has 0 bridgehead atoms. The normalized spacial score (nSPS) is 11.4. The number of benzene rings is 1. The number of hydrogen-bond acceptors (Lipinski definition) is 4. The Hall–Kier alpha value is -1.62. The van der Waals surface area contributed by atoms with Gasteiger partial charge in [-0.3, -0.25) is 0 Å². The largest absolute Gasteiger partial charge is 0.383 e. The molecule has 0 spiro atoms. The van der Waals surface area contributed by atoms with Crippen LogP contribution in [0.2, 0.25) is 0 Å². The Morgan fingerprint density at radius 2 is 1.84 bits per heavy atom. The highest BCUT2D eigenvalue weighted by Gasteiger charge is 2.18. The molecule has 5 heteroatoms. The third kappa shape index (κ3) is 3.04. The minimum absolute atomic E-state index is 0.0502. The van der Waals surface area contributed by atoms with Gasteiger partial charge in [0.25, 0.3) is 0 Å². The third-order valence-corrected chi connectivity index (χ3v) is 3.59. The van der Waals surface area contributed by atoms with Crippen LogP contribution in [0.4, 0.5) is 17.3 Å². The Morgan fingerprint density at radius 3 is 2.53 bits per heavy atom. The van der Waals surface area contributed by atoms with E-state index < -0.39 is 0 Å². The maximum Gasteiger partial charge on any atom is 0.150 e. The van der Waals surface area contributed by atoms with Gasteiger partial charge < -0.3 is 11.1 Å². The minimum Gasteiger partial charge on any atom is -0.383 e. The molecule has 0 unspecified atom stereocenters. The average molecular weight is 321 g/mol. The van der Waals surface area contributed by atoms with Crippen molar-refractivity contribution in [3.63, 3.8) is 0 Å². The fourth-order valence-electron chi connectivity index (χ4n) is 1.84. The number of aromatic nitrogens is 2. The van der Waals surface area contributed by atoms with Crippen LogP contribution in [0.25, 0.3) is 0 Å². The smallest absolute Gasteiger partial charge is 0.150 e. The highest BCUT2D eigenvalue weighted by Crippen LogP contribution is 2.33. The van der Waals surface area contributed by atoms with E-state index in [1.807, 2.05) is 18.2 Å². The Kier molecular flexibility index (Phi) is 3.75. The van der Waals surface area contributed by atoms with Gasteiger partial charge in [0.05, 0.1) is 0 Å². The van der Waals surface area contributed by atoms with Crippen LogP contribution in [0.1, 0.15) is 26.3 Å². The second-order valence-corrected chi connectivity index (χ2v) is 6.14. The Bertz CT molecular complexity index is 590. The molecular formula is C14H17BrN4. The van der Waals surface area contributed by atoms with E-state index in [0.29, 0.717) is 16.1 Å². The molecule has 19 heavy (non-hydrogen) atoms. The molecule has 1 heterocycles. The first kappa shape index (κ1) is 13.8. The van der Waals surface area contributed by atoms with Gasteiger partial charge in [-0.05, 0) is 33.0 Å². The molecule has 4 nitrogen and oxygen atoms in total. The van der Waals surface area contributed by atoms with Crippen LogP contribution in [0, 0.1) is 0 Å². The third-order valence-electron chi connectivity index (χ3n) is 2.80. The molecule has 0 atom stereocenters. The molecule has 1 aromatic carbocycles. The standard InChI is InChI=1S/C14H17BrN4/c1-14(2,3)9-6-4-5-7-10(9)19-13-11(15)12(16)17-8-18-13/h4-8H,1-3H3,(H3,16,17,18,19). The summed E-state index contributed by atoms with van der Waals surface area (Å²) >= 11 is 3.40. The van der Waals surface area contributed by atoms with Crippen molar-refractivity contribution in [2.45, 2.75) is 26.2 Å². The zero-order valence-corrected chi connectivity index (χ0v) is 12.8. The van der Waals surface area contributed by atoms with E-state index >= 15 is 0 Å². The molecule has 2 rings (SSSR count). The Labute approximate surface area is 121 Å². The quantitative estimate of drug-likeness (QED) is 0.881. The number of para-hydroxylation sites is 1. The van der Waals surface area contributed by atoms with E-state index in [4.69, 9.17) is 5.73 Å². The maximum atomic E-state index is 5.76. The van der Waals surface area contributed by atoms with Crippen molar-refractivity contribution in [3.8, 4) is 0 Å². The lowest BCUT2D eigenvalue weighted by Crippen LogP contribution is -2.14. The van der Waals surface area contributed by atoms with Crippen molar-refractivity contribution >= 4 is 33.3 Å². The lowest BCUT2D eigenvalue weighted by molar-refractivity contribution is 0.592. The average Bonchev–Trinajstić information content (AvgIpc) is 2.34. The van der Waals surface area contributed by atoms with Crippen LogP contribution in [-0.4, -0.2) is 9.97 Å². The summed E-state index contributed by atoms with van der Waals surface area (Å²) in [6.45, 7) is 6.53. The van der Waals surface area contributed by atoms with Gasteiger partial charge in [-0.15, -0.1) is 0 Å². The number of anilines is 3. The minimum atomic E-state index is 0.0502. The zero-order valence-electron chi connectivity index (χ0n) is 11.2. The predicted molar refractivity (Wildman–Crippen MR) is 82.6 cm³/mol. The summed E-state index contributed by atoms with van der Waals surface area (Å²) in [4.78, 5) is 8.14. The number of halogens is 1. The van der Waals surface area contributed by atoms with E-state index in [1.54, 1.807) is 0 Å². The number of rotatable bonds is 2. The fourth-order valence-corrected chi connectivity index (χ4v) is 2.15. The van der Waals surface area contributed by atoms with Crippen molar-refractivity contribution in [1.29, 1.82) is 0 Å². The van der Waals surface area contributed by atoms with Crippen LogP contribution >= 0.6 is 15.9 Å². The van der Waals surface area contributed by atoms with Gasteiger partial charge in [-0.1, -0.05) is 39.0 Å². The van der Waals surface area contributed by atoms with Crippen molar-refractivity contribution in [2.75, 3.05) is 11.1 Å². The molecule has 2 aromatic rings. The SMILES string of the molecule is CC(C)(C)c1ccccc1Nc1ncnc(N)c1Br. The van der Waals surface area contributed by atoms with Gasteiger partial charge in [0.2, 0.25) is 0 Å². The molecule has 3 N–H and O–H groups in total. The summed E-state index contributed by atoms with van der Waals surface area (Å²) in [5.41, 5.74) is 8.05.